The van der Waals surface area contributed by atoms with E-state index in [0.717, 1.165) is 12.0 Å². The molecule has 0 saturated heterocycles. The second-order valence-electron chi connectivity index (χ2n) is 7.14. The third-order valence-electron chi connectivity index (χ3n) is 4.39. The van der Waals surface area contributed by atoms with Gasteiger partial charge in [0.25, 0.3) is 0 Å². The Morgan fingerprint density at radius 3 is 2.22 bits per heavy atom. The van der Waals surface area contributed by atoms with Crippen LogP contribution in [0.3, 0.4) is 0 Å². The lowest BCUT2D eigenvalue weighted by atomic mass is 9.82. The van der Waals surface area contributed by atoms with Gasteiger partial charge in [0.15, 0.2) is 0 Å². The molecule has 128 valence electrons. The van der Waals surface area contributed by atoms with Crippen LogP contribution in [0.2, 0.25) is 0 Å². The van der Waals surface area contributed by atoms with Gasteiger partial charge in [-0.3, -0.25) is 0 Å². The fraction of sp³-hybridized carbons (Fsp3) is 0.579. The lowest BCUT2D eigenvalue weighted by Crippen LogP contribution is -2.50. The van der Waals surface area contributed by atoms with Crippen LogP contribution in [0, 0.1) is 0 Å². The van der Waals surface area contributed by atoms with Gasteiger partial charge in [0, 0.05) is 0 Å². The minimum atomic E-state index is -1.05. The van der Waals surface area contributed by atoms with Crippen LogP contribution in [0.4, 0.5) is 0 Å². The molecule has 0 heterocycles. The largest absolute Gasteiger partial charge is 0.483 e. The number of rotatable bonds is 9. The summed E-state index contributed by atoms with van der Waals surface area (Å²) in [5.41, 5.74) is 0.477. The summed E-state index contributed by atoms with van der Waals surface area (Å²) in [4.78, 5) is 0. The predicted molar refractivity (Wildman–Crippen MR) is 98.1 cm³/mol. The number of aliphatic hydroxyl groups is 1. The fourth-order valence-electron chi connectivity index (χ4n) is 2.05. The molecule has 0 radical (unpaired) electrons. The maximum atomic E-state index is 10.0. The summed E-state index contributed by atoms with van der Waals surface area (Å²) < 4.78 is 5.53. The van der Waals surface area contributed by atoms with Gasteiger partial charge < -0.3 is 14.8 Å². The van der Waals surface area contributed by atoms with Crippen molar-refractivity contribution in [3.8, 4) is 0 Å². The molecule has 0 saturated carbocycles. The molecule has 0 amide bonds. The topological polar surface area (TPSA) is 49.7 Å². The third-order valence-corrected chi connectivity index (χ3v) is 4.39. The van der Waals surface area contributed by atoms with Crippen molar-refractivity contribution in [2.45, 2.75) is 71.5 Å². The van der Waals surface area contributed by atoms with E-state index in [1.165, 1.54) is 24.8 Å². The van der Waals surface area contributed by atoms with E-state index in [0.29, 0.717) is 0 Å². The summed E-state index contributed by atoms with van der Waals surface area (Å²) in [6.45, 7) is 9.06. The van der Waals surface area contributed by atoms with Gasteiger partial charge in [0.1, 0.15) is 0 Å². The average Bonchev–Trinajstić information content (AvgIpc) is 2.45. The van der Waals surface area contributed by atoms with Gasteiger partial charge >= 0.3 is 7.12 Å². The minimum absolute atomic E-state index is 0.847. The number of aryl methyl sites for hydroxylation is 1. The number of hydrogen-bond acceptors (Lipinski definition) is 3. The van der Waals surface area contributed by atoms with E-state index in [1.807, 2.05) is 18.2 Å². The molecule has 0 spiro atoms. The quantitative estimate of drug-likeness (QED) is 0.534. The second kappa shape index (κ2) is 8.67. The molecule has 23 heavy (non-hydrogen) atoms. The van der Waals surface area contributed by atoms with Crippen LogP contribution in [-0.4, -0.2) is 28.5 Å². The van der Waals surface area contributed by atoms with Crippen molar-refractivity contribution in [3.63, 3.8) is 0 Å². The van der Waals surface area contributed by atoms with E-state index in [9.17, 15) is 10.1 Å². The SMILES string of the molecule is CCCCCc1ccc(C=CB(O)OC(C)(C)C(C)(C)O)cc1. The van der Waals surface area contributed by atoms with Crippen LogP contribution >= 0.6 is 0 Å². The molecular weight excluding hydrogens is 287 g/mol. The van der Waals surface area contributed by atoms with Gasteiger partial charge in [0.05, 0.1) is 11.2 Å². The molecule has 0 aromatic heterocycles. The van der Waals surface area contributed by atoms with E-state index in [1.54, 1.807) is 33.7 Å². The van der Waals surface area contributed by atoms with Crippen LogP contribution in [0.1, 0.15) is 65.0 Å². The zero-order chi connectivity index (χ0) is 17.5. The van der Waals surface area contributed by atoms with E-state index in [2.05, 4.69) is 19.1 Å². The summed E-state index contributed by atoms with van der Waals surface area (Å²) in [6, 6.07) is 8.35. The van der Waals surface area contributed by atoms with Crippen molar-refractivity contribution in [2.75, 3.05) is 0 Å². The van der Waals surface area contributed by atoms with E-state index >= 15 is 0 Å². The van der Waals surface area contributed by atoms with Gasteiger partial charge in [-0.25, -0.2) is 0 Å². The average molecular weight is 318 g/mol. The molecule has 0 atom stereocenters. The van der Waals surface area contributed by atoms with Crippen molar-refractivity contribution in [3.05, 3.63) is 41.4 Å². The van der Waals surface area contributed by atoms with Crippen LogP contribution < -0.4 is 0 Å². The smallest absolute Gasteiger partial charge is 0.423 e. The second-order valence-corrected chi connectivity index (χ2v) is 7.14. The van der Waals surface area contributed by atoms with Gasteiger partial charge in [-0.15, -0.1) is 0 Å². The van der Waals surface area contributed by atoms with Crippen molar-refractivity contribution >= 4 is 13.2 Å². The lowest BCUT2D eigenvalue weighted by Gasteiger charge is -2.38. The first-order valence-electron chi connectivity index (χ1n) is 8.51. The molecule has 0 aliphatic heterocycles. The minimum Gasteiger partial charge on any atom is -0.423 e. The Balaban J connectivity index is 2.56. The molecule has 1 aromatic carbocycles. The Morgan fingerprint density at radius 2 is 1.70 bits per heavy atom. The first-order chi connectivity index (χ1) is 10.7. The zero-order valence-electron chi connectivity index (χ0n) is 15.2. The van der Waals surface area contributed by atoms with Crippen LogP contribution in [0.25, 0.3) is 6.08 Å². The molecule has 2 N–H and O–H groups in total. The van der Waals surface area contributed by atoms with Crippen molar-refractivity contribution < 1.29 is 14.8 Å². The highest BCUT2D eigenvalue weighted by Crippen LogP contribution is 2.25. The molecule has 0 bridgehead atoms. The highest BCUT2D eigenvalue weighted by atomic mass is 16.5. The predicted octanol–water partition coefficient (Wildman–Crippen LogP) is 4.02. The Bertz CT molecular complexity index is 486. The van der Waals surface area contributed by atoms with Gasteiger partial charge in [-0.1, -0.05) is 56.1 Å². The Morgan fingerprint density at radius 1 is 1.09 bits per heavy atom. The monoisotopic (exact) mass is 318 g/mol. The summed E-state index contributed by atoms with van der Waals surface area (Å²) in [6.07, 6.45) is 6.68. The summed E-state index contributed by atoms with van der Waals surface area (Å²) in [5, 5.41) is 20.0. The molecule has 0 aliphatic rings. The van der Waals surface area contributed by atoms with Gasteiger partial charge in [0.2, 0.25) is 0 Å². The normalized spacial score (nSPS) is 12.8. The van der Waals surface area contributed by atoms with Crippen LogP contribution in [0.5, 0.6) is 0 Å². The maximum Gasteiger partial charge on any atom is 0.483 e. The standard InChI is InChI=1S/C19H31BO3/c1-6-7-8-9-16-10-12-17(13-11-16)14-15-20(22)23-19(4,5)18(2,3)21/h10-15,21-22H,6-9H2,1-5H3. The summed E-state index contributed by atoms with van der Waals surface area (Å²) in [7, 11) is -1.05. The van der Waals surface area contributed by atoms with Crippen molar-refractivity contribution in [2.24, 2.45) is 0 Å². The van der Waals surface area contributed by atoms with Crippen molar-refractivity contribution in [1.29, 1.82) is 0 Å². The highest BCUT2D eigenvalue weighted by molar-refractivity contribution is 6.50. The highest BCUT2D eigenvalue weighted by Gasteiger charge is 2.38. The Labute approximate surface area is 141 Å². The molecule has 0 aliphatic carbocycles. The van der Waals surface area contributed by atoms with Crippen LogP contribution in [-0.2, 0) is 11.1 Å². The molecule has 3 nitrogen and oxygen atoms in total. The molecule has 0 fully saturated rings. The van der Waals surface area contributed by atoms with E-state index in [4.69, 9.17) is 4.65 Å². The number of unbranched alkanes of at least 4 members (excludes halogenated alkanes) is 2. The molecule has 1 aromatic rings. The number of hydrogen-bond donors (Lipinski definition) is 2. The zero-order valence-corrected chi connectivity index (χ0v) is 15.2. The van der Waals surface area contributed by atoms with E-state index < -0.39 is 18.3 Å². The molecule has 0 unspecified atom stereocenters. The summed E-state index contributed by atoms with van der Waals surface area (Å²) in [5.74, 6) is 1.60. The third kappa shape index (κ3) is 6.90. The van der Waals surface area contributed by atoms with Gasteiger partial charge in [-0.05, 0) is 51.7 Å². The van der Waals surface area contributed by atoms with Crippen molar-refractivity contribution in [1.82, 2.24) is 0 Å². The lowest BCUT2D eigenvalue weighted by molar-refractivity contribution is -0.0984. The fourth-order valence-corrected chi connectivity index (χ4v) is 2.05. The molecule has 4 heteroatoms. The number of benzene rings is 1. The van der Waals surface area contributed by atoms with Gasteiger partial charge in [-0.2, -0.15) is 0 Å². The molecule has 1 rings (SSSR count). The first-order valence-corrected chi connectivity index (χ1v) is 8.51. The first kappa shape index (κ1) is 20.0. The maximum absolute atomic E-state index is 10.0. The molecular formula is C19H31BO3. The summed E-state index contributed by atoms with van der Waals surface area (Å²) >= 11 is 0. The van der Waals surface area contributed by atoms with Crippen LogP contribution in [0.15, 0.2) is 30.2 Å². The Kier molecular flexibility index (Phi) is 7.52. The van der Waals surface area contributed by atoms with E-state index in [-0.39, 0.29) is 0 Å². The Hall–Kier alpha value is -1.10.